The zero-order valence-corrected chi connectivity index (χ0v) is 10.2. The number of rotatable bonds is 2. The van der Waals surface area contributed by atoms with Crippen molar-refractivity contribution in [2.45, 2.75) is 6.92 Å². The van der Waals surface area contributed by atoms with Crippen molar-refractivity contribution in [1.29, 1.82) is 0 Å². The molecule has 94 valence electrons. The summed E-state index contributed by atoms with van der Waals surface area (Å²) in [7, 11) is 0. The molecule has 3 aromatic rings. The van der Waals surface area contributed by atoms with Crippen LogP contribution >= 0.6 is 0 Å². The number of hydrogen-bond donors (Lipinski definition) is 1. The highest BCUT2D eigenvalue weighted by molar-refractivity contribution is 5.94. The van der Waals surface area contributed by atoms with Crippen LogP contribution in [0.2, 0.25) is 0 Å². The van der Waals surface area contributed by atoms with Crippen molar-refractivity contribution in [1.82, 2.24) is 14.6 Å². The number of carbonyl (C=O) groups is 1. The van der Waals surface area contributed by atoms with Gasteiger partial charge in [0.15, 0.2) is 5.65 Å². The van der Waals surface area contributed by atoms with Crippen molar-refractivity contribution in [3.05, 3.63) is 53.9 Å². The van der Waals surface area contributed by atoms with Crippen LogP contribution in [0.3, 0.4) is 0 Å². The third kappa shape index (κ3) is 1.76. The molecule has 0 amide bonds. The van der Waals surface area contributed by atoms with Gasteiger partial charge in [0.1, 0.15) is 5.56 Å². The van der Waals surface area contributed by atoms with Crippen molar-refractivity contribution in [2.75, 3.05) is 0 Å². The molecule has 1 aromatic carbocycles. The highest BCUT2D eigenvalue weighted by Gasteiger charge is 2.16. The Morgan fingerprint density at radius 2 is 1.95 bits per heavy atom. The first-order valence-electron chi connectivity index (χ1n) is 5.80. The summed E-state index contributed by atoms with van der Waals surface area (Å²) in [5, 5.41) is 13.3. The molecule has 3 rings (SSSR count). The fourth-order valence-electron chi connectivity index (χ4n) is 2.11. The van der Waals surface area contributed by atoms with Crippen molar-refractivity contribution < 1.29 is 9.90 Å². The van der Waals surface area contributed by atoms with E-state index in [1.165, 1.54) is 6.20 Å². The minimum Gasteiger partial charge on any atom is -0.477 e. The number of nitrogens with zero attached hydrogens (tertiary/aromatic N) is 3. The normalized spacial score (nSPS) is 10.8. The zero-order chi connectivity index (χ0) is 13.4. The molecule has 0 aliphatic carbocycles. The molecule has 2 heterocycles. The molecule has 5 heteroatoms. The van der Waals surface area contributed by atoms with Gasteiger partial charge in [-0.15, -0.1) is 0 Å². The van der Waals surface area contributed by atoms with Crippen molar-refractivity contribution in [2.24, 2.45) is 0 Å². The van der Waals surface area contributed by atoms with E-state index in [1.807, 2.05) is 37.3 Å². The molecule has 0 bridgehead atoms. The van der Waals surface area contributed by atoms with E-state index in [1.54, 1.807) is 10.7 Å². The number of carboxylic acids is 1. The van der Waals surface area contributed by atoms with Crippen molar-refractivity contribution in [3.63, 3.8) is 0 Å². The van der Waals surface area contributed by atoms with Crippen LogP contribution in [-0.2, 0) is 0 Å². The van der Waals surface area contributed by atoms with Crippen LogP contribution in [0, 0.1) is 6.92 Å². The lowest BCUT2D eigenvalue weighted by atomic mass is 10.1. The minimum atomic E-state index is -1.02. The van der Waals surface area contributed by atoms with E-state index in [9.17, 15) is 4.79 Å². The van der Waals surface area contributed by atoms with E-state index in [2.05, 4.69) is 10.1 Å². The number of carboxylic acid groups (broad SMARTS) is 1. The topological polar surface area (TPSA) is 67.5 Å². The lowest BCUT2D eigenvalue weighted by Crippen LogP contribution is -2.01. The van der Waals surface area contributed by atoms with Gasteiger partial charge < -0.3 is 5.11 Å². The molecule has 19 heavy (non-hydrogen) atoms. The zero-order valence-electron chi connectivity index (χ0n) is 10.2. The summed E-state index contributed by atoms with van der Waals surface area (Å²) >= 11 is 0. The maximum Gasteiger partial charge on any atom is 0.341 e. The van der Waals surface area contributed by atoms with Gasteiger partial charge in [-0.05, 0) is 12.5 Å². The summed E-state index contributed by atoms with van der Waals surface area (Å²) in [6.45, 7) is 1.93. The predicted molar refractivity (Wildman–Crippen MR) is 70.1 cm³/mol. The smallest absolute Gasteiger partial charge is 0.341 e. The summed E-state index contributed by atoms with van der Waals surface area (Å²) < 4.78 is 1.58. The fourth-order valence-corrected chi connectivity index (χ4v) is 2.11. The average molecular weight is 253 g/mol. The molecule has 0 aliphatic heterocycles. The van der Waals surface area contributed by atoms with Crippen LogP contribution in [0.5, 0.6) is 0 Å². The van der Waals surface area contributed by atoms with Crippen LogP contribution in [0.4, 0.5) is 0 Å². The second kappa shape index (κ2) is 4.20. The SMILES string of the molecule is Cc1cnc2c(C(=O)O)cnn2c1-c1ccccc1. The summed E-state index contributed by atoms with van der Waals surface area (Å²) in [5.74, 6) is -1.02. The summed E-state index contributed by atoms with van der Waals surface area (Å²) in [5.41, 5.74) is 3.25. The average Bonchev–Trinajstić information content (AvgIpc) is 2.83. The lowest BCUT2D eigenvalue weighted by molar-refractivity contribution is 0.0699. The van der Waals surface area contributed by atoms with E-state index >= 15 is 0 Å². The minimum absolute atomic E-state index is 0.109. The molecule has 0 unspecified atom stereocenters. The Bertz CT molecular complexity index is 763. The third-order valence-electron chi connectivity index (χ3n) is 2.99. The molecular formula is C14H11N3O2. The quantitative estimate of drug-likeness (QED) is 0.761. The third-order valence-corrected chi connectivity index (χ3v) is 2.99. The summed E-state index contributed by atoms with van der Waals surface area (Å²) in [6.07, 6.45) is 3.00. The van der Waals surface area contributed by atoms with E-state index in [0.717, 1.165) is 16.8 Å². The molecule has 0 atom stereocenters. The molecule has 0 saturated carbocycles. The molecule has 5 nitrogen and oxygen atoms in total. The standard InChI is InChI=1S/C14H11N3O2/c1-9-7-15-13-11(14(18)19)8-16-17(13)12(9)10-5-3-2-4-6-10/h2-8H,1H3,(H,18,19). The van der Waals surface area contributed by atoms with Crippen molar-refractivity contribution in [3.8, 4) is 11.3 Å². The fraction of sp³-hybridized carbons (Fsp3) is 0.0714. The molecule has 0 aliphatic rings. The highest BCUT2D eigenvalue weighted by Crippen LogP contribution is 2.24. The first kappa shape index (κ1) is 11.4. The van der Waals surface area contributed by atoms with E-state index < -0.39 is 5.97 Å². The van der Waals surface area contributed by atoms with E-state index in [4.69, 9.17) is 5.11 Å². The number of aryl methyl sites for hydroxylation is 1. The maximum absolute atomic E-state index is 11.1. The lowest BCUT2D eigenvalue weighted by Gasteiger charge is -2.08. The molecular weight excluding hydrogens is 242 g/mol. The number of hydrogen-bond acceptors (Lipinski definition) is 3. The monoisotopic (exact) mass is 253 g/mol. The first-order chi connectivity index (χ1) is 9.18. The number of benzene rings is 1. The van der Waals surface area contributed by atoms with Crippen LogP contribution in [0.25, 0.3) is 16.9 Å². The molecule has 0 fully saturated rings. The summed E-state index contributed by atoms with van der Waals surface area (Å²) in [4.78, 5) is 15.3. The van der Waals surface area contributed by atoms with Crippen LogP contribution < -0.4 is 0 Å². The Kier molecular flexibility index (Phi) is 2.52. The number of aromatic nitrogens is 3. The van der Waals surface area contributed by atoms with Gasteiger partial charge in [-0.1, -0.05) is 30.3 Å². The van der Waals surface area contributed by atoms with E-state index in [0.29, 0.717) is 5.65 Å². The van der Waals surface area contributed by atoms with Crippen molar-refractivity contribution >= 4 is 11.6 Å². The second-order valence-corrected chi connectivity index (χ2v) is 4.25. The number of fused-ring (bicyclic) bond motifs is 1. The van der Waals surface area contributed by atoms with Gasteiger partial charge in [0.25, 0.3) is 0 Å². The van der Waals surface area contributed by atoms with Gasteiger partial charge in [-0.3, -0.25) is 0 Å². The highest BCUT2D eigenvalue weighted by atomic mass is 16.4. The number of aromatic carboxylic acids is 1. The molecule has 1 N–H and O–H groups in total. The molecule has 0 spiro atoms. The summed E-state index contributed by atoms with van der Waals surface area (Å²) in [6, 6.07) is 9.72. The first-order valence-corrected chi connectivity index (χ1v) is 5.80. The Hall–Kier alpha value is -2.69. The van der Waals surface area contributed by atoms with Gasteiger partial charge in [0.2, 0.25) is 0 Å². The van der Waals surface area contributed by atoms with Crippen LogP contribution in [0.1, 0.15) is 15.9 Å². The van der Waals surface area contributed by atoms with Crippen LogP contribution in [-0.4, -0.2) is 25.7 Å². The molecule has 0 radical (unpaired) electrons. The Morgan fingerprint density at radius 3 is 2.63 bits per heavy atom. The second-order valence-electron chi connectivity index (χ2n) is 4.25. The Morgan fingerprint density at radius 1 is 1.21 bits per heavy atom. The van der Waals surface area contributed by atoms with Crippen LogP contribution in [0.15, 0.2) is 42.7 Å². The largest absolute Gasteiger partial charge is 0.477 e. The Labute approximate surface area is 109 Å². The predicted octanol–water partition coefficient (Wildman–Crippen LogP) is 2.40. The van der Waals surface area contributed by atoms with Gasteiger partial charge in [-0.2, -0.15) is 5.10 Å². The van der Waals surface area contributed by atoms with Gasteiger partial charge in [0, 0.05) is 11.8 Å². The van der Waals surface area contributed by atoms with Gasteiger partial charge in [0.05, 0.1) is 11.9 Å². The molecule has 2 aromatic heterocycles. The van der Waals surface area contributed by atoms with Gasteiger partial charge >= 0.3 is 5.97 Å². The maximum atomic E-state index is 11.1. The molecule has 0 saturated heterocycles. The van der Waals surface area contributed by atoms with Gasteiger partial charge in [-0.25, -0.2) is 14.3 Å². The van der Waals surface area contributed by atoms with E-state index in [-0.39, 0.29) is 5.56 Å². The Balaban J connectivity index is 2.36.